The Bertz CT molecular complexity index is 541. The molecule has 1 fully saturated rings. The number of rotatable bonds is 3. The molecule has 22 heavy (non-hydrogen) atoms. The summed E-state index contributed by atoms with van der Waals surface area (Å²) in [6, 6.07) is 0.635. The zero-order valence-corrected chi connectivity index (χ0v) is 13.4. The Labute approximate surface area is 132 Å². The van der Waals surface area contributed by atoms with Crippen LogP contribution in [0.1, 0.15) is 46.0 Å². The fraction of sp³-hybridized carbons (Fsp3) is 0.611. The number of carbonyl (C=O) groups is 1. The first-order valence-corrected chi connectivity index (χ1v) is 8.41. The van der Waals surface area contributed by atoms with Gasteiger partial charge in [-0.05, 0) is 44.4 Å². The van der Waals surface area contributed by atoms with Gasteiger partial charge in [0.1, 0.15) is 5.76 Å². The van der Waals surface area contributed by atoms with Crippen LogP contribution in [-0.2, 0) is 9.53 Å². The summed E-state index contributed by atoms with van der Waals surface area (Å²) in [5, 5.41) is 9.84. The Balaban J connectivity index is 1.94. The van der Waals surface area contributed by atoms with E-state index in [1.54, 1.807) is 12.2 Å². The zero-order chi connectivity index (χ0) is 15.7. The monoisotopic (exact) mass is 303 g/mol. The Morgan fingerprint density at radius 3 is 2.77 bits per heavy atom. The van der Waals surface area contributed by atoms with Crippen molar-refractivity contribution in [1.82, 2.24) is 4.90 Å². The van der Waals surface area contributed by atoms with Crippen LogP contribution in [0.4, 0.5) is 0 Å². The van der Waals surface area contributed by atoms with Crippen molar-refractivity contribution in [2.24, 2.45) is 0 Å². The van der Waals surface area contributed by atoms with E-state index in [9.17, 15) is 9.90 Å². The largest absolute Gasteiger partial charge is 0.508 e. The molecule has 0 aromatic heterocycles. The minimum absolute atomic E-state index is 0.0361. The van der Waals surface area contributed by atoms with E-state index in [0.29, 0.717) is 18.2 Å². The van der Waals surface area contributed by atoms with Crippen LogP contribution in [-0.4, -0.2) is 40.7 Å². The number of esters is 1. The van der Waals surface area contributed by atoms with E-state index in [1.165, 1.54) is 32.1 Å². The van der Waals surface area contributed by atoms with Gasteiger partial charge in [0.2, 0.25) is 0 Å². The van der Waals surface area contributed by atoms with Gasteiger partial charge in [0.15, 0.2) is 0 Å². The van der Waals surface area contributed by atoms with Gasteiger partial charge >= 0.3 is 5.97 Å². The lowest BCUT2D eigenvalue weighted by molar-refractivity contribution is -0.139. The van der Waals surface area contributed by atoms with Gasteiger partial charge in [-0.25, -0.2) is 4.79 Å². The molecule has 0 amide bonds. The number of nitrogens with zero attached hydrogens (tertiary/aromatic N) is 1. The summed E-state index contributed by atoms with van der Waals surface area (Å²) in [4.78, 5) is 14.8. The van der Waals surface area contributed by atoms with Crippen molar-refractivity contribution in [3.05, 3.63) is 35.1 Å². The van der Waals surface area contributed by atoms with E-state index in [1.807, 2.05) is 13.0 Å². The van der Waals surface area contributed by atoms with Crippen LogP contribution in [0.5, 0.6) is 0 Å². The molecule has 0 spiro atoms. The van der Waals surface area contributed by atoms with Gasteiger partial charge in [0, 0.05) is 12.1 Å². The summed E-state index contributed by atoms with van der Waals surface area (Å²) < 4.78 is 5.26. The standard InChI is InChI=1S/C18H25NO3/c1-3-22-18(21)17-12(2)19(13-7-5-4-6-8-13)16-10-9-14(20)11-15(16)17/h9-13,16,20H,3-8H2,1-2H3. The molecule has 2 aliphatic carbocycles. The number of hydrogen-bond donors (Lipinski definition) is 1. The van der Waals surface area contributed by atoms with E-state index in [-0.39, 0.29) is 23.8 Å². The maximum Gasteiger partial charge on any atom is 0.335 e. The highest BCUT2D eigenvalue weighted by Gasteiger charge is 2.43. The van der Waals surface area contributed by atoms with E-state index in [2.05, 4.69) is 11.8 Å². The molecule has 0 saturated heterocycles. The summed E-state index contributed by atoms with van der Waals surface area (Å²) in [7, 11) is 0. The van der Waals surface area contributed by atoms with Crippen molar-refractivity contribution in [2.45, 2.75) is 64.1 Å². The normalized spacial score (nSPS) is 29.5. The van der Waals surface area contributed by atoms with Gasteiger partial charge in [0.05, 0.1) is 18.2 Å². The average molecular weight is 303 g/mol. The van der Waals surface area contributed by atoms with Crippen LogP contribution in [0.3, 0.4) is 0 Å². The van der Waals surface area contributed by atoms with Gasteiger partial charge in [-0.1, -0.05) is 25.3 Å². The van der Waals surface area contributed by atoms with Crippen molar-refractivity contribution >= 4 is 5.97 Å². The molecular formula is C18H25NO3. The maximum absolute atomic E-state index is 12.4. The van der Waals surface area contributed by atoms with Gasteiger partial charge < -0.3 is 9.84 Å². The molecule has 4 nitrogen and oxygen atoms in total. The molecule has 1 N–H and O–H groups in total. The lowest BCUT2D eigenvalue weighted by atomic mass is 9.92. The number of ether oxygens (including phenoxy) is 1. The fourth-order valence-corrected chi connectivity index (χ4v) is 4.13. The van der Waals surface area contributed by atoms with E-state index >= 15 is 0 Å². The van der Waals surface area contributed by atoms with Crippen LogP contribution in [0.15, 0.2) is 35.1 Å². The molecule has 1 saturated carbocycles. The predicted molar refractivity (Wildman–Crippen MR) is 85.5 cm³/mol. The number of hydrogen-bond acceptors (Lipinski definition) is 4. The molecule has 3 rings (SSSR count). The topological polar surface area (TPSA) is 49.8 Å². The summed E-state index contributed by atoms with van der Waals surface area (Å²) in [5.41, 5.74) is 1.63. The third-order valence-electron chi connectivity index (χ3n) is 5.06. The van der Waals surface area contributed by atoms with Crippen LogP contribution < -0.4 is 0 Å². The van der Waals surface area contributed by atoms with Crippen LogP contribution in [0, 0.1) is 0 Å². The van der Waals surface area contributed by atoms with Crippen molar-refractivity contribution in [3.63, 3.8) is 0 Å². The second-order valence-electron chi connectivity index (χ2n) is 6.38. The van der Waals surface area contributed by atoms with Gasteiger partial charge in [-0.2, -0.15) is 0 Å². The van der Waals surface area contributed by atoms with Crippen molar-refractivity contribution < 1.29 is 14.6 Å². The number of aliphatic hydroxyl groups excluding tert-OH is 1. The fourth-order valence-electron chi connectivity index (χ4n) is 4.13. The molecule has 1 aliphatic heterocycles. The quantitative estimate of drug-likeness (QED) is 0.813. The molecule has 0 aromatic rings. The summed E-state index contributed by atoms with van der Waals surface area (Å²) in [5.74, 6) is -0.0293. The summed E-state index contributed by atoms with van der Waals surface area (Å²) >= 11 is 0. The molecule has 0 radical (unpaired) electrons. The van der Waals surface area contributed by atoms with E-state index < -0.39 is 0 Å². The Morgan fingerprint density at radius 2 is 2.09 bits per heavy atom. The van der Waals surface area contributed by atoms with Crippen molar-refractivity contribution in [3.8, 4) is 0 Å². The lowest BCUT2D eigenvalue weighted by Gasteiger charge is -2.38. The van der Waals surface area contributed by atoms with Gasteiger partial charge in [-0.15, -0.1) is 0 Å². The first-order valence-electron chi connectivity index (χ1n) is 8.41. The zero-order valence-electron chi connectivity index (χ0n) is 13.4. The smallest absolute Gasteiger partial charge is 0.335 e. The first kappa shape index (κ1) is 15.3. The van der Waals surface area contributed by atoms with Crippen LogP contribution in [0.2, 0.25) is 0 Å². The highest BCUT2D eigenvalue weighted by molar-refractivity contribution is 5.93. The third-order valence-corrected chi connectivity index (χ3v) is 5.06. The minimum Gasteiger partial charge on any atom is -0.508 e. The number of carbonyl (C=O) groups excluding carboxylic acids is 1. The average Bonchev–Trinajstić information content (AvgIpc) is 2.79. The predicted octanol–water partition coefficient (Wildman–Crippen LogP) is 3.26. The second-order valence-corrected chi connectivity index (χ2v) is 6.38. The molecule has 0 aromatic carbocycles. The van der Waals surface area contributed by atoms with Gasteiger partial charge in [0.25, 0.3) is 0 Å². The lowest BCUT2D eigenvalue weighted by Crippen LogP contribution is -2.45. The Kier molecular flexibility index (Phi) is 4.39. The molecule has 0 bridgehead atoms. The van der Waals surface area contributed by atoms with Crippen LogP contribution >= 0.6 is 0 Å². The third kappa shape index (κ3) is 2.60. The molecule has 2 unspecified atom stereocenters. The van der Waals surface area contributed by atoms with E-state index in [4.69, 9.17) is 4.74 Å². The first-order chi connectivity index (χ1) is 10.6. The Hall–Kier alpha value is -1.55. The molecular weight excluding hydrogens is 278 g/mol. The summed E-state index contributed by atoms with van der Waals surface area (Å²) in [6.45, 7) is 4.29. The van der Waals surface area contributed by atoms with Crippen molar-refractivity contribution in [1.29, 1.82) is 0 Å². The molecule has 3 aliphatic rings. The highest BCUT2D eigenvalue weighted by atomic mass is 16.5. The van der Waals surface area contributed by atoms with Gasteiger partial charge in [-0.3, -0.25) is 4.90 Å². The van der Waals surface area contributed by atoms with Crippen LogP contribution in [0.25, 0.3) is 0 Å². The van der Waals surface area contributed by atoms with E-state index in [0.717, 1.165) is 5.57 Å². The molecule has 1 heterocycles. The SMILES string of the molecule is CCOC(=O)C1=C2C=C(O)C=CC2N(C2CCCCC2)C1C. The van der Waals surface area contributed by atoms with Crippen molar-refractivity contribution in [2.75, 3.05) is 6.61 Å². The maximum atomic E-state index is 12.4. The highest BCUT2D eigenvalue weighted by Crippen LogP contribution is 2.40. The molecule has 4 heteroatoms. The number of fused-ring (bicyclic) bond motifs is 1. The number of aliphatic hydroxyl groups is 1. The summed E-state index contributed by atoms with van der Waals surface area (Å²) in [6.07, 6.45) is 11.7. The second kappa shape index (κ2) is 6.29. The molecule has 2 atom stereocenters. The Morgan fingerprint density at radius 1 is 1.36 bits per heavy atom. The number of allylic oxidation sites excluding steroid dienone is 1. The minimum atomic E-state index is -0.243. The molecule has 120 valence electrons.